The van der Waals surface area contributed by atoms with Crippen molar-refractivity contribution in [1.82, 2.24) is 4.90 Å². The van der Waals surface area contributed by atoms with Crippen molar-refractivity contribution in [3.8, 4) is 0 Å². The van der Waals surface area contributed by atoms with E-state index in [1.54, 1.807) is 0 Å². The highest BCUT2D eigenvalue weighted by Gasteiger charge is 2.26. The summed E-state index contributed by atoms with van der Waals surface area (Å²) in [6.45, 7) is 6.48. The second kappa shape index (κ2) is 5.67. The van der Waals surface area contributed by atoms with E-state index in [9.17, 15) is 0 Å². The minimum absolute atomic E-state index is 0.898. The van der Waals surface area contributed by atoms with E-state index < -0.39 is 0 Å². The summed E-state index contributed by atoms with van der Waals surface area (Å²) in [5, 5.41) is 1.19. The summed E-state index contributed by atoms with van der Waals surface area (Å²) in [6, 6.07) is 0. The number of piperidine rings is 1. The lowest BCUT2D eigenvalue weighted by Crippen LogP contribution is -2.42. The van der Waals surface area contributed by atoms with Crippen LogP contribution in [0.25, 0.3) is 0 Å². The van der Waals surface area contributed by atoms with Gasteiger partial charge in [-0.3, -0.25) is 0 Å². The Morgan fingerprint density at radius 2 is 1.87 bits per heavy atom. The average molecular weight is 274 g/mol. The lowest BCUT2D eigenvalue weighted by Gasteiger charge is -2.37. The van der Waals surface area contributed by atoms with E-state index in [-0.39, 0.29) is 0 Å². The molecule has 2 heteroatoms. The average Bonchev–Trinajstić information content (AvgIpc) is 2.69. The van der Waals surface area contributed by atoms with E-state index >= 15 is 0 Å². The van der Waals surface area contributed by atoms with Crippen LogP contribution in [0.4, 0.5) is 0 Å². The zero-order valence-corrected chi connectivity index (χ0v) is 11.5. The van der Waals surface area contributed by atoms with Crippen molar-refractivity contribution in [3.63, 3.8) is 0 Å². The van der Waals surface area contributed by atoms with Gasteiger partial charge in [-0.25, -0.2) is 0 Å². The molecule has 0 aromatic rings. The van der Waals surface area contributed by atoms with Crippen molar-refractivity contribution < 1.29 is 0 Å². The van der Waals surface area contributed by atoms with Gasteiger partial charge in [0.15, 0.2) is 0 Å². The van der Waals surface area contributed by atoms with Crippen LogP contribution in [0.1, 0.15) is 39.0 Å². The summed E-state index contributed by atoms with van der Waals surface area (Å²) in [5.41, 5.74) is 0. The van der Waals surface area contributed by atoms with Gasteiger partial charge in [0, 0.05) is 25.0 Å². The highest BCUT2D eigenvalue weighted by Crippen LogP contribution is 2.29. The van der Waals surface area contributed by atoms with Gasteiger partial charge in [0.1, 0.15) is 0 Å². The minimum Gasteiger partial charge on any atom is -0.302 e. The van der Waals surface area contributed by atoms with Crippen LogP contribution < -0.4 is 0 Å². The molecule has 1 aliphatic carbocycles. The topological polar surface area (TPSA) is 3.24 Å². The van der Waals surface area contributed by atoms with Gasteiger partial charge in [-0.2, -0.15) is 0 Å². The lowest BCUT2D eigenvalue weighted by molar-refractivity contribution is 0.125. The molecule has 1 saturated carbocycles. The van der Waals surface area contributed by atoms with Crippen LogP contribution in [0.5, 0.6) is 0 Å². The predicted molar refractivity (Wildman–Crippen MR) is 69.5 cm³/mol. The standard InChI is InChI=1S/C13H24BrN/c1-11-6-13(7-14)10-15(8-11)9-12-4-2-3-5-12/h11-13H,2-10H2,1H3. The van der Waals surface area contributed by atoms with Crippen molar-refractivity contribution >= 4 is 15.9 Å². The smallest absolute Gasteiger partial charge is 0.00719 e. The van der Waals surface area contributed by atoms with E-state index in [0.717, 1.165) is 17.8 Å². The summed E-state index contributed by atoms with van der Waals surface area (Å²) in [6.07, 6.45) is 7.37. The Balaban J connectivity index is 1.80. The van der Waals surface area contributed by atoms with Crippen LogP contribution in [0, 0.1) is 17.8 Å². The Bertz CT molecular complexity index is 189. The van der Waals surface area contributed by atoms with Crippen molar-refractivity contribution in [2.24, 2.45) is 17.8 Å². The lowest BCUT2D eigenvalue weighted by atomic mass is 9.91. The van der Waals surface area contributed by atoms with E-state index in [0.29, 0.717) is 0 Å². The summed E-state index contributed by atoms with van der Waals surface area (Å²) in [5.74, 6) is 2.82. The minimum atomic E-state index is 0.898. The summed E-state index contributed by atoms with van der Waals surface area (Å²) < 4.78 is 0. The third kappa shape index (κ3) is 3.45. The third-order valence-corrected chi connectivity index (χ3v) is 4.95. The Morgan fingerprint density at radius 1 is 1.13 bits per heavy atom. The molecule has 1 saturated heterocycles. The molecule has 1 heterocycles. The van der Waals surface area contributed by atoms with Crippen molar-refractivity contribution in [2.75, 3.05) is 25.0 Å². The number of nitrogens with zero attached hydrogens (tertiary/aromatic N) is 1. The molecule has 1 nitrogen and oxygen atoms in total. The van der Waals surface area contributed by atoms with Gasteiger partial charge in [0.05, 0.1) is 0 Å². The molecule has 2 fully saturated rings. The van der Waals surface area contributed by atoms with E-state index in [4.69, 9.17) is 0 Å². The van der Waals surface area contributed by atoms with Crippen LogP contribution in [-0.2, 0) is 0 Å². The van der Waals surface area contributed by atoms with Crippen LogP contribution in [0.3, 0.4) is 0 Å². The van der Waals surface area contributed by atoms with Gasteiger partial charge in [0.2, 0.25) is 0 Å². The molecule has 2 atom stereocenters. The molecule has 88 valence electrons. The highest BCUT2D eigenvalue weighted by molar-refractivity contribution is 9.09. The number of likely N-dealkylation sites (tertiary alicyclic amines) is 1. The Morgan fingerprint density at radius 3 is 2.53 bits per heavy atom. The molecular formula is C13H24BrN. The van der Waals surface area contributed by atoms with E-state index in [1.165, 1.54) is 57.1 Å². The maximum absolute atomic E-state index is 3.65. The first-order valence-corrected chi connectivity index (χ1v) is 7.68. The quantitative estimate of drug-likeness (QED) is 0.712. The second-order valence-corrected chi connectivity index (χ2v) is 6.38. The molecule has 2 aliphatic rings. The monoisotopic (exact) mass is 273 g/mol. The molecule has 0 N–H and O–H groups in total. The molecule has 1 aliphatic heterocycles. The molecule has 0 bridgehead atoms. The number of hydrogen-bond acceptors (Lipinski definition) is 1. The van der Waals surface area contributed by atoms with Crippen molar-refractivity contribution in [2.45, 2.75) is 39.0 Å². The molecule has 0 aromatic heterocycles. The van der Waals surface area contributed by atoms with Crippen LogP contribution in [0.15, 0.2) is 0 Å². The molecule has 0 amide bonds. The van der Waals surface area contributed by atoms with Crippen molar-refractivity contribution in [1.29, 1.82) is 0 Å². The molecule has 2 unspecified atom stereocenters. The van der Waals surface area contributed by atoms with Gasteiger partial charge in [0.25, 0.3) is 0 Å². The predicted octanol–water partition coefficient (Wildman–Crippen LogP) is 3.53. The Hall–Kier alpha value is 0.440. The molecule has 2 rings (SSSR count). The Labute approximate surface area is 103 Å². The molecular weight excluding hydrogens is 250 g/mol. The van der Waals surface area contributed by atoms with Crippen LogP contribution in [-0.4, -0.2) is 29.9 Å². The maximum atomic E-state index is 3.65. The first-order chi connectivity index (χ1) is 7.28. The fraction of sp³-hybridized carbons (Fsp3) is 1.00. The van der Waals surface area contributed by atoms with Crippen LogP contribution in [0.2, 0.25) is 0 Å². The molecule has 0 spiro atoms. The van der Waals surface area contributed by atoms with Gasteiger partial charge in [-0.05, 0) is 37.0 Å². The van der Waals surface area contributed by atoms with E-state index in [1.807, 2.05) is 0 Å². The third-order valence-electron chi connectivity index (χ3n) is 4.03. The SMILES string of the molecule is CC1CC(CBr)CN(CC2CCCC2)C1. The van der Waals surface area contributed by atoms with Gasteiger partial charge in [-0.15, -0.1) is 0 Å². The summed E-state index contributed by atoms with van der Waals surface area (Å²) >= 11 is 3.65. The fourth-order valence-electron chi connectivity index (χ4n) is 3.42. The summed E-state index contributed by atoms with van der Waals surface area (Å²) in [7, 11) is 0. The second-order valence-electron chi connectivity index (χ2n) is 5.73. The zero-order chi connectivity index (χ0) is 10.7. The normalized spacial score (nSPS) is 34.8. The van der Waals surface area contributed by atoms with E-state index in [2.05, 4.69) is 27.8 Å². The van der Waals surface area contributed by atoms with Crippen LogP contribution >= 0.6 is 15.9 Å². The highest BCUT2D eigenvalue weighted by atomic mass is 79.9. The maximum Gasteiger partial charge on any atom is 0.00719 e. The van der Waals surface area contributed by atoms with Gasteiger partial charge < -0.3 is 4.90 Å². The zero-order valence-electron chi connectivity index (χ0n) is 9.92. The number of halogens is 1. The molecule has 15 heavy (non-hydrogen) atoms. The van der Waals surface area contributed by atoms with Crippen molar-refractivity contribution in [3.05, 3.63) is 0 Å². The largest absolute Gasteiger partial charge is 0.302 e. The molecule has 0 radical (unpaired) electrons. The summed E-state index contributed by atoms with van der Waals surface area (Å²) in [4.78, 5) is 2.73. The van der Waals surface area contributed by atoms with Gasteiger partial charge in [-0.1, -0.05) is 35.7 Å². The fourth-order valence-corrected chi connectivity index (χ4v) is 3.89. The number of hydrogen-bond donors (Lipinski definition) is 0. The molecule has 0 aromatic carbocycles. The number of alkyl halides is 1. The Kier molecular flexibility index (Phi) is 4.51. The first kappa shape index (κ1) is 11.9. The van der Waals surface area contributed by atoms with Gasteiger partial charge >= 0.3 is 0 Å². The first-order valence-electron chi connectivity index (χ1n) is 6.56. The number of rotatable bonds is 3.